The summed E-state index contributed by atoms with van der Waals surface area (Å²) in [5.74, 6) is -0.0529. The lowest BCUT2D eigenvalue weighted by molar-refractivity contribution is -0.140. The normalized spacial score (nSPS) is 12.2. The Kier molecular flexibility index (Phi) is 9.66. The minimum atomic E-state index is -0.758. The smallest absolute Gasteiger partial charge is 0.224 e. The molecule has 0 aromatic carbocycles. The lowest BCUT2D eigenvalue weighted by Gasteiger charge is -2.25. The summed E-state index contributed by atoms with van der Waals surface area (Å²) in [4.78, 5) is 23.4. The number of nitrogens with two attached hydrogens (primary N) is 1. The summed E-state index contributed by atoms with van der Waals surface area (Å²) < 4.78 is 0. The van der Waals surface area contributed by atoms with Crippen molar-refractivity contribution in [3.63, 3.8) is 0 Å². The fourth-order valence-electron chi connectivity index (χ4n) is 1.59. The highest BCUT2D eigenvalue weighted by molar-refractivity contribution is 5.76. The van der Waals surface area contributed by atoms with Gasteiger partial charge in [0.05, 0.1) is 0 Å². The summed E-state index contributed by atoms with van der Waals surface area (Å²) in [5.41, 5.74) is 5.38. The SMILES string of the molecule is CC(O)N(CCCCN)C(=O)CCCCC=O. The Labute approximate surface area is 103 Å². The van der Waals surface area contributed by atoms with Gasteiger partial charge >= 0.3 is 0 Å². The van der Waals surface area contributed by atoms with E-state index in [1.807, 2.05) is 0 Å². The largest absolute Gasteiger partial charge is 0.374 e. The zero-order chi connectivity index (χ0) is 13.1. The van der Waals surface area contributed by atoms with Gasteiger partial charge in [-0.1, -0.05) is 0 Å². The van der Waals surface area contributed by atoms with Gasteiger partial charge in [0, 0.05) is 19.4 Å². The first-order valence-electron chi connectivity index (χ1n) is 6.24. The topological polar surface area (TPSA) is 83.6 Å². The fourth-order valence-corrected chi connectivity index (χ4v) is 1.59. The van der Waals surface area contributed by atoms with Crippen LogP contribution in [0.5, 0.6) is 0 Å². The molecule has 0 aliphatic carbocycles. The molecule has 17 heavy (non-hydrogen) atoms. The van der Waals surface area contributed by atoms with Gasteiger partial charge in [-0.25, -0.2) is 0 Å². The van der Waals surface area contributed by atoms with Gasteiger partial charge in [-0.05, 0) is 39.2 Å². The van der Waals surface area contributed by atoms with Gasteiger partial charge in [-0.2, -0.15) is 0 Å². The molecule has 1 atom stereocenters. The second kappa shape index (κ2) is 10.2. The zero-order valence-electron chi connectivity index (χ0n) is 10.6. The first-order chi connectivity index (χ1) is 8.13. The molecule has 0 aromatic heterocycles. The van der Waals surface area contributed by atoms with Crippen LogP contribution in [0.4, 0.5) is 0 Å². The number of hydrogen-bond donors (Lipinski definition) is 2. The third kappa shape index (κ3) is 7.88. The molecule has 0 radical (unpaired) electrons. The van der Waals surface area contributed by atoms with Crippen LogP contribution in [0.3, 0.4) is 0 Å². The highest BCUT2D eigenvalue weighted by Crippen LogP contribution is 2.07. The van der Waals surface area contributed by atoms with Crippen LogP contribution < -0.4 is 5.73 Å². The molecule has 0 spiro atoms. The van der Waals surface area contributed by atoms with Crippen molar-refractivity contribution in [2.75, 3.05) is 13.1 Å². The van der Waals surface area contributed by atoms with Crippen LogP contribution in [0.1, 0.15) is 45.4 Å². The molecule has 1 unspecified atom stereocenters. The summed E-state index contributed by atoms with van der Waals surface area (Å²) in [5, 5.41) is 9.50. The Morgan fingerprint density at radius 2 is 2.06 bits per heavy atom. The Hall–Kier alpha value is -0.940. The molecule has 0 bridgehead atoms. The van der Waals surface area contributed by atoms with Crippen molar-refractivity contribution < 1.29 is 14.7 Å². The Balaban J connectivity index is 3.93. The number of unbranched alkanes of at least 4 members (excludes halogenated alkanes) is 3. The van der Waals surface area contributed by atoms with E-state index in [0.717, 1.165) is 25.5 Å². The number of carbonyl (C=O) groups excluding carboxylic acids is 2. The second-order valence-corrected chi connectivity index (χ2v) is 4.13. The van der Waals surface area contributed by atoms with Gasteiger partial charge in [-0.15, -0.1) is 0 Å². The van der Waals surface area contributed by atoms with Gasteiger partial charge in [0.15, 0.2) is 0 Å². The van der Waals surface area contributed by atoms with E-state index in [1.54, 1.807) is 6.92 Å². The van der Waals surface area contributed by atoms with Crippen molar-refractivity contribution >= 4 is 12.2 Å². The summed E-state index contributed by atoms with van der Waals surface area (Å²) in [7, 11) is 0. The standard InChI is InChI=1S/C12H24N2O3/c1-11(16)14(9-5-4-8-13)12(17)7-3-2-6-10-15/h10-11,16H,2-9,13H2,1H3. The molecule has 0 heterocycles. The Morgan fingerprint density at radius 1 is 1.35 bits per heavy atom. The molecule has 0 aliphatic heterocycles. The van der Waals surface area contributed by atoms with E-state index >= 15 is 0 Å². The maximum Gasteiger partial charge on any atom is 0.224 e. The van der Waals surface area contributed by atoms with E-state index in [0.29, 0.717) is 32.4 Å². The van der Waals surface area contributed by atoms with Crippen molar-refractivity contribution in [3.05, 3.63) is 0 Å². The van der Waals surface area contributed by atoms with E-state index in [9.17, 15) is 14.7 Å². The maximum absolute atomic E-state index is 11.8. The summed E-state index contributed by atoms with van der Waals surface area (Å²) >= 11 is 0. The van der Waals surface area contributed by atoms with E-state index in [1.165, 1.54) is 4.90 Å². The molecule has 100 valence electrons. The maximum atomic E-state index is 11.8. The molecule has 0 aliphatic rings. The predicted molar refractivity (Wildman–Crippen MR) is 66.2 cm³/mol. The number of hydrogen-bond acceptors (Lipinski definition) is 4. The third-order valence-electron chi connectivity index (χ3n) is 2.59. The third-order valence-corrected chi connectivity index (χ3v) is 2.59. The van der Waals surface area contributed by atoms with Crippen LogP contribution in [0.2, 0.25) is 0 Å². The minimum absolute atomic E-state index is 0.0529. The van der Waals surface area contributed by atoms with Crippen molar-refractivity contribution in [3.8, 4) is 0 Å². The molecule has 0 aromatic rings. The predicted octanol–water partition coefficient (Wildman–Crippen LogP) is 0.651. The van der Waals surface area contributed by atoms with Crippen LogP contribution in [0.25, 0.3) is 0 Å². The van der Waals surface area contributed by atoms with Crippen LogP contribution in [-0.2, 0) is 9.59 Å². The number of nitrogens with zero attached hydrogens (tertiary/aromatic N) is 1. The van der Waals surface area contributed by atoms with E-state index < -0.39 is 6.23 Å². The lowest BCUT2D eigenvalue weighted by Crippen LogP contribution is -2.39. The highest BCUT2D eigenvalue weighted by atomic mass is 16.3. The summed E-state index contributed by atoms with van der Waals surface area (Å²) in [6.07, 6.45) is 4.06. The van der Waals surface area contributed by atoms with Gasteiger partial charge in [-0.3, -0.25) is 4.79 Å². The molecule has 5 nitrogen and oxygen atoms in total. The van der Waals surface area contributed by atoms with Crippen molar-refractivity contribution in [1.29, 1.82) is 0 Å². The molecular weight excluding hydrogens is 220 g/mol. The Morgan fingerprint density at radius 3 is 2.59 bits per heavy atom. The molecule has 0 saturated heterocycles. The van der Waals surface area contributed by atoms with Crippen LogP contribution >= 0.6 is 0 Å². The molecule has 5 heteroatoms. The molecular formula is C12H24N2O3. The lowest BCUT2D eigenvalue weighted by atomic mass is 10.2. The Bertz CT molecular complexity index is 220. The first kappa shape index (κ1) is 16.1. The first-order valence-corrected chi connectivity index (χ1v) is 6.24. The van der Waals surface area contributed by atoms with Gasteiger partial charge < -0.3 is 20.5 Å². The van der Waals surface area contributed by atoms with Crippen molar-refractivity contribution in [2.45, 2.75) is 51.7 Å². The number of carbonyl (C=O) groups is 2. The van der Waals surface area contributed by atoms with E-state index in [2.05, 4.69) is 0 Å². The van der Waals surface area contributed by atoms with Crippen molar-refractivity contribution in [2.24, 2.45) is 5.73 Å². The molecule has 0 fully saturated rings. The van der Waals surface area contributed by atoms with Crippen LogP contribution in [0, 0.1) is 0 Å². The number of aliphatic hydroxyl groups is 1. The van der Waals surface area contributed by atoms with Gasteiger partial charge in [0.25, 0.3) is 0 Å². The monoisotopic (exact) mass is 244 g/mol. The van der Waals surface area contributed by atoms with Gasteiger partial charge in [0.1, 0.15) is 12.5 Å². The molecule has 1 amide bonds. The number of aldehydes is 1. The summed E-state index contributed by atoms with van der Waals surface area (Å²) in [6, 6.07) is 0. The second-order valence-electron chi connectivity index (χ2n) is 4.13. The highest BCUT2D eigenvalue weighted by Gasteiger charge is 2.16. The molecule has 0 saturated carbocycles. The number of aliphatic hydroxyl groups excluding tert-OH is 1. The fraction of sp³-hybridized carbons (Fsp3) is 0.833. The van der Waals surface area contributed by atoms with Crippen LogP contribution in [0.15, 0.2) is 0 Å². The number of amides is 1. The average molecular weight is 244 g/mol. The van der Waals surface area contributed by atoms with Crippen LogP contribution in [-0.4, -0.2) is 41.5 Å². The molecule has 3 N–H and O–H groups in total. The summed E-state index contributed by atoms with van der Waals surface area (Å²) in [6.45, 7) is 2.73. The van der Waals surface area contributed by atoms with E-state index in [4.69, 9.17) is 5.73 Å². The molecule has 0 rings (SSSR count). The zero-order valence-corrected chi connectivity index (χ0v) is 10.6. The average Bonchev–Trinajstić information content (AvgIpc) is 2.29. The van der Waals surface area contributed by atoms with Gasteiger partial charge in [0.2, 0.25) is 5.91 Å². The van der Waals surface area contributed by atoms with Crippen molar-refractivity contribution in [1.82, 2.24) is 4.90 Å². The van der Waals surface area contributed by atoms with E-state index in [-0.39, 0.29) is 5.91 Å². The minimum Gasteiger partial charge on any atom is -0.374 e. The number of rotatable bonds is 10. The quantitative estimate of drug-likeness (QED) is 0.336.